The third-order valence-electron chi connectivity index (χ3n) is 12.3. The molecule has 0 aromatic heterocycles. The summed E-state index contributed by atoms with van der Waals surface area (Å²) in [5.41, 5.74) is 0. The second-order valence-corrected chi connectivity index (χ2v) is 18.2. The van der Waals surface area contributed by atoms with Gasteiger partial charge in [0.05, 0.1) is 25.4 Å². The van der Waals surface area contributed by atoms with E-state index < -0.39 is 12.1 Å². The van der Waals surface area contributed by atoms with Gasteiger partial charge in [0, 0.05) is 12.8 Å². The van der Waals surface area contributed by atoms with E-state index in [2.05, 4.69) is 31.3 Å². The number of esters is 1. The second-order valence-electron chi connectivity index (χ2n) is 18.2. The van der Waals surface area contributed by atoms with Crippen LogP contribution in [0.2, 0.25) is 0 Å². The molecule has 0 saturated carbocycles. The third kappa shape index (κ3) is 45.9. The Morgan fingerprint density at radius 1 is 0.458 bits per heavy atom. The van der Waals surface area contributed by atoms with Crippen LogP contribution in [0.15, 0.2) is 12.2 Å². The molecule has 6 heteroatoms. The lowest BCUT2D eigenvalue weighted by Gasteiger charge is -2.22. The number of hydrogen-bond donors (Lipinski definition) is 3. The Hall–Kier alpha value is -1.40. The van der Waals surface area contributed by atoms with Gasteiger partial charge >= 0.3 is 5.97 Å². The SMILES string of the molecule is CCCC/C=C\CCCCCCCC(=O)OCCCCCCCCCCCCCCCCC(=O)NC(CO)C(O)CCCCCCCCCCCCCCCCCCC. The van der Waals surface area contributed by atoms with Crippen LogP contribution in [0.3, 0.4) is 0 Å². The zero-order valence-corrected chi connectivity index (χ0v) is 39.7. The fraction of sp³-hybridized carbons (Fsp3) is 0.925. The molecule has 350 valence electrons. The number of unbranched alkanes of at least 4 members (excludes halogenated alkanes) is 36. The first-order valence-corrected chi connectivity index (χ1v) is 26.4. The summed E-state index contributed by atoms with van der Waals surface area (Å²) in [4.78, 5) is 24.4. The van der Waals surface area contributed by atoms with Crippen LogP contribution < -0.4 is 5.32 Å². The van der Waals surface area contributed by atoms with E-state index in [-0.39, 0.29) is 18.5 Å². The van der Waals surface area contributed by atoms with Crippen molar-refractivity contribution >= 4 is 11.9 Å². The van der Waals surface area contributed by atoms with Crippen LogP contribution in [-0.2, 0) is 14.3 Å². The molecule has 0 saturated heterocycles. The van der Waals surface area contributed by atoms with E-state index in [1.54, 1.807) is 0 Å². The van der Waals surface area contributed by atoms with Crippen LogP contribution in [0.25, 0.3) is 0 Å². The molecule has 6 nitrogen and oxygen atoms in total. The highest BCUT2D eigenvalue weighted by atomic mass is 16.5. The lowest BCUT2D eigenvalue weighted by atomic mass is 10.0. The van der Waals surface area contributed by atoms with Gasteiger partial charge in [-0.25, -0.2) is 0 Å². The summed E-state index contributed by atoms with van der Waals surface area (Å²) >= 11 is 0. The molecule has 0 aromatic carbocycles. The fourth-order valence-corrected chi connectivity index (χ4v) is 8.21. The van der Waals surface area contributed by atoms with E-state index in [0.29, 0.717) is 25.9 Å². The minimum absolute atomic E-state index is 0.0128. The average Bonchev–Trinajstić information content (AvgIpc) is 3.24. The summed E-state index contributed by atoms with van der Waals surface area (Å²) in [6, 6.07) is -0.549. The number of hydrogen-bond acceptors (Lipinski definition) is 5. The molecule has 0 heterocycles. The van der Waals surface area contributed by atoms with E-state index in [1.165, 1.54) is 205 Å². The molecule has 2 unspecified atom stereocenters. The van der Waals surface area contributed by atoms with E-state index >= 15 is 0 Å². The Morgan fingerprint density at radius 2 is 0.814 bits per heavy atom. The Labute approximate surface area is 368 Å². The van der Waals surface area contributed by atoms with Gasteiger partial charge in [0.2, 0.25) is 5.91 Å². The van der Waals surface area contributed by atoms with Crippen molar-refractivity contribution in [1.82, 2.24) is 5.32 Å². The smallest absolute Gasteiger partial charge is 0.305 e. The van der Waals surface area contributed by atoms with Crippen molar-refractivity contribution in [2.24, 2.45) is 0 Å². The third-order valence-corrected chi connectivity index (χ3v) is 12.3. The highest BCUT2D eigenvalue weighted by Crippen LogP contribution is 2.17. The zero-order valence-electron chi connectivity index (χ0n) is 39.7. The molecule has 2 atom stereocenters. The van der Waals surface area contributed by atoms with Crippen LogP contribution in [0.5, 0.6) is 0 Å². The molecule has 59 heavy (non-hydrogen) atoms. The number of allylic oxidation sites excluding steroid dienone is 2. The minimum Gasteiger partial charge on any atom is -0.466 e. The topological polar surface area (TPSA) is 95.9 Å². The molecule has 0 fully saturated rings. The molecule has 0 aliphatic heterocycles. The van der Waals surface area contributed by atoms with Gasteiger partial charge in [0.25, 0.3) is 0 Å². The highest BCUT2D eigenvalue weighted by Gasteiger charge is 2.20. The van der Waals surface area contributed by atoms with Crippen LogP contribution >= 0.6 is 0 Å². The fourth-order valence-electron chi connectivity index (χ4n) is 8.21. The van der Waals surface area contributed by atoms with Gasteiger partial charge in [-0.1, -0.05) is 244 Å². The molecule has 3 N–H and O–H groups in total. The Kier molecular flexibility index (Phi) is 48.1. The predicted octanol–water partition coefficient (Wildman–Crippen LogP) is 15.7. The quantitative estimate of drug-likeness (QED) is 0.0322. The Balaban J connectivity index is 3.45. The normalized spacial score (nSPS) is 12.7. The van der Waals surface area contributed by atoms with Crippen molar-refractivity contribution in [3.8, 4) is 0 Å². The summed E-state index contributed by atoms with van der Waals surface area (Å²) < 4.78 is 5.44. The van der Waals surface area contributed by atoms with E-state index in [1.807, 2.05) is 0 Å². The number of aliphatic hydroxyl groups is 2. The molecule has 0 radical (unpaired) electrons. The first-order chi connectivity index (χ1) is 29.0. The largest absolute Gasteiger partial charge is 0.466 e. The standard InChI is InChI=1S/C53H103NO5/c1-3-5-7-9-11-13-15-16-17-18-19-22-26-29-33-37-41-45-51(56)50(49-55)54-52(57)46-42-38-34-30-27-23-20-21-24-28-32-36-40-44-48-59-53(58)47-43-39-35-31-25-14-12-10-8-6-4-2/h10,12,50-51,55-56H,3-9,11,13-49H2,1-2H3,(H,54,57)/b12-10-. The molecular weight excluding hydrogens is 731 g/mol. The van der Waals surface area contributed by atoms with Crippen molar-refractivity contribution in [1.29, 1.82) is 0 Å². The van der Waals surface area contributed by atoms with Crippen molar-refractivity contribution in [3.63, 3.8) is 0 Å². The Bertz CT molecular complexity index is 878. The molecule has 0 aliphatic rings. The van der Waals surface area contributed by atoms with Crippen LogP contribution in [0.1, 0.15) is 290 Å². The van der Waals surface area contributed by atoms with Crippen LogP contribution in [-0.4, -0.2) is 47.4 Å². The molecule has 0 bridgehead atoms. The first kappa shape index (κ1) is 57.6. The zero-order chi connectivity index (χ0) is 43.0. The van der Waals surface area contributed by atoms with E-state index in [0.717, 1.165) is 51.4 Å². The summed E-state index contributed by atoms with van der Waals surface area (Å²) in [6.07, 6.45) is 56.1. The van der Waals surface area contributed by atoms with Crippen molar-refractivity contribution in [2.45, 2.75) is 302 Å². The molecule has 0 rings (SSSR count). The van der Waals surface area contributed by atoms with Gasteiger partial charge in [-0.2, -0.15) is 0 Å². The molecule has 0 spiro atoms. The summed E-state index contributed by atoms with van der Waals surface area (Å²) in [7, 11) is 0. The number of amides is 1. The lowest BCUT2D eigenvalue weighted by molar-refractivity contribution is -0.143. The number of aliphatic hydroxyl groups excluding tert-OH is 2. The summed E-state index contributed by atoms with van der Waals surface area (Å²) in [5, 5.41) is 23.3. The van der Waals surface area contributed by atoms with E-state index in [4.69, 9.17) is 4.74 Å². The summed E-state index contributed by atoms with van der Waals surface area (Å²) in [6.45, 7) is 4.90. The Morgan fingerprint density at radius 3 is 1.25 bits per heavy atom. The van der Waals surface area contributed by atoms with Crippen LogP contribution in [0.4, 0.5) is 0 Å². The summed E-state index contributed by atoms with van der Waals surface area (Å²) in [5.74, 6) is -0.0568. The molecule has 0 aliphatic carbocycles. The number of rotatable bonds is 49. The minimum atomic E-state index is -0.671. The van der Waals surface area contributed by atoms with Crippen molar-refractivity contribution in [2.75, 3.05) is 13.2 Å². The second kappa shape index (κ2) is 49.3. The maximum absolute atomic E-state index is 12.5. The van der Waals surface area contributed by atoms with Gasteiger partial charge < -0.3 is 20.3 Å². The monoisotopic (exact) mass is 834 g/mol. The van der Waals surface area contributed by atoms with Crippen molar-refractivity contribution < 1.29 is 24.5 Å². The van der Waals surface area contributed by atoms with E-state index in [9.17, 15) is 19.8 Å². The average molecular weight is 834 g/mol. The number of ether oxygens (including phenoxy) is 1. The predicted molar refractivity (Wildman–Crippen MR) is 255 cm³/mol. The van der Waals surface area contributed by atoms with Crippen LogP contribution in [0, 0.1) is 0 Å². The van der Waals surface area contributed by atoms with Gasteiger partial charge in [-0.05, 0) is 44.9 Å². The van der Waals surface area contributed by atoms with Gasteiger partial charge in [-0.15, -0.1) is 0 Å². The lowest BCUT2D eigenvalue weighted by Crippen LogP contribution is -2.45. The van der Waals surface area contributed by atoms with Crippen molar-refractivity contribution in [3.05, 3.63) is 12.2 Å². The maximum atomic E-state index is 12.5. The first-order valence-electron chi connectivity index (χ1n) is 26.4. The molecule has 1 amide bonds. The number of carbonyl (C=O) groups is 2. The maximum Gasteiger partial charge on any atom is 0.305 e. The molecule has 0 aromatic rings. The highest BCUT2D eigenvalue weighted by molar-refractivity contribution is 5.76. The number of carbonyl (C=O) groups excluding carboxylic acids is 2. The molecular formula is C53H103NO5. The van der Waals surface area contributed by atoms with Gasteiger partial charge in [0.1, 0.15) is 0 Å². The number of nitrogens with one attached hydrogen (secondary N) is 1. The van der Waals surface area contributed by atoms with Gasteiger partial charge in [0.15, 0.2) is 0 Å². The van der Waals surface area contributed by atoms with Gasteiger partial charge in [-0.3, -0.25) is 9.59 Å².